The molecule has 2 aliphatic carbocycles. The number of nitrogens with two attached hydrogens (primary N) is 1. The van der Waals surface area contributed by atoms with Crippen LogP contribution in [0.1, 0.15) is 101 Å². The maximum absolute atomic E-state index is 14.2. The van der Waals surface area contributed by atoms with Crippen LogP contribution in [0.5, 0.6) is 0 Å². The number of piperidine rings is 1. The molecule has 1 unspecified atom stereocenters. The van der Waals surface area contributed by atoms with Crippen LogP contribution in [0.15, 0.2) is 0 Å². The Hall–Kier alpha value is -2.65. The van der Waals surface area contributed by atoms with E-state index >= 15 is 0 Å². The number of carbonyl (C=O) groups excluding carboxylic acids is 5. The van der Waals surface area contributed by atoms with Crippen LogP contribution in [-0.4, -0.2) is 64.6 Å². The smallest absolute Gasteiger partial charge is 0.315 e. The Bertz CT molecular complexity index is 1290. The van der Waals surface area contributed by atoms with Gasteiger partial charge in [0.05, 0.1) is 7.39 Å². The molecule has 1 aliphatic heterocycles. The monoisotopic (exact) mass is 543 g/mol. The Morgan fingerprint density at radius 2 is 1.74 bits per heavy atom. The molecule has 214 valence electrons. The summed E-state index contributed by atoms with van der Waals surface area (Å²) in [5.74, 6) is -5.06. The number of Topliss-reactive ketones (excluding diaryl/α,β-unsaturated/α-hetero) is 1. The molecule has 0 spiro atoms. The zero-order valence-corrected chi connectivity index (χ0v) is 22.7. The van der Waals surface area contributed by atoms with Gasteiger partial charge < -0.3 is 26.6 Å². The third-order valence-electron chi connectivity index (χ3n) is 7.97. The molecule has 0 radical (unpaired) electrons. The van der Waals surface area contributed by atoms with Crippen LogP contribution in [-0.2, 0) is 19.2 Å². The summed E-state index contributed by atoms with van der Waals surface area (Å²) in [6, 6.07) is -6.63. The first kappa shape index (κ1) is 18.6. The maximum Gasteiger partial charge on any atom is 0.315 e. The number of nitrogens with zero attached hydrogens (tertiary/aromatic N) is 1. The fourth-order valence-electron chi connectivity index (χ4n) is 5.75. The predicted octanol–water partition coefficient (Wildman–Crippen LogP) is 2.10. The van der Waals surface area contributed by atoms with Crippen LogP contribution in [0.4, 0.5) is 4.79 Å². The number of carbonyl (C=O) groups is 5. The van der Waals surface area contributed by atoms with Gasteiger partial charge in [-0.15, -0.1) is 0 Å². The number of nitrogens with one attached hydrogen (secondary N) is 3. The summed E-state index contributed by atoms with van der Waals surface area (Å²) in [7, 11) is 0. The van der Waals surface area contributed by atoms with E-state index < -0.39 is 90.5 Å². The highest BCUT2D eigenvalue weighted by atomic mass is 16.2. The molecular formula is C28H47N5O5. The van der Waals surface area contributed by atoms with Gasteiger partial charge >= 0.3 is 6.03 Å². The van der Waals surface area contributed by atoms with Crippen LogP contribution in [0, 0.1) is 28.6 Å². The van der Waals surface area contributed by atoms with E-state index in [1.54, 1.807) is 26.1 Å². The van der Waals surface area contributed by atoms with Crippen LogP contribution in [0.3, 0.4) is 0 Å². The zero-order valence-electron chi connectivity index (χ0n) is 32.7. The number of amides is 5. The number of fused-ring (bicyclic) bond motifs is 1. The van der Waals surface area contributed by atoms with E-state index in [9.17, 15) is 24.0 Å². The van der Waals surface area contributed by atoms with E-state index in [-0.39, 0.29) is 31.2 Å². The lowest BCUT2D eigenvalue weighted by Crippen LogP contribution is -2.60. The van der Waals surface area contributed by atoms with E-state index in [1.807, 2.05) is 13.8 Å². The predicted molar refractivity (Wildman–Crippen MR) is 144 cm³/mol. The molecule has 1 heterocycles. The highest BCUT2D eigenvalue weighted by Gasteiger charge is 2.69. The van der Waals surface area contributed by atoms with Crippen molar-refractivity contribution in [3.8, 4) is 0 Å². The van der Waals surface area contributed by atoms with Crippen molar-refractivity contribution >= 4 is 29.5 Å². The minimum atomic E-state index is -3.74. The number of urea groups is 1. The molecule has 1 saturated heterocycles. The first-order chi connectivity index (χ1) is 21.4. The van der Waals surface area contributed by atoms with Gasteiger partial charge in [-0.25, -0.2) is 4.79 Å². The largest absolute Gasteiger partial charge is 0.363 e. The second-order valence-corrected chi connectivity index (χ2v) is 12.7. The zero-order chi connectivity index (χ0) is 37.2. The molecule has 3 fully saturated rings. The van der Waals surface area contributed by atoms with Crippen molar-refractivity contribution in [2.45, 2.75) is 111 Å². The average molecular weight is 544 g/mol. The Labute approximate surface area is 240 Å². The van der Waals surface area contributed by atoms with Crippen molar-refractivity contribution in [3.63, 3.8) is 0 Å². The fraction of sp³-hybridized carbons (Fsp3) is 0.821. The molecule has 0 aromatic carbocycles. The van der Waals surface area contributed by atoms with E-state index in [4.69, 9.17) is 19.4 Å². The lowest BCUT2D eigenvalue weighted by atomic mass is 9.80. The van der Waals surface area contributed by atoms with E-state index in [0.29, 0.717) is 12.8 Å². The molecule has 5 atom stereocenters. The van der Waals surface area contributed by atoms with Crippen molar-refractivity contribution < 1.29 is 37.7 Å². The summed E-state index contributed by atoms with van der Waals surface area (Å²) in [5, 5.41) is 6.35. The van der Waals surface area contributed by atoms with Crippen molar-refractivity contribution in [2.75, 3.05) is 6.54 Å². The van der Waals surface area contributed by atoms with Gasteiger partial charge in [-0.05, 0) is 62.0 Å². The summed E-state index contributed by atoms with van der Waals surface area (Å²) >= 11 is 0. The minimum Gasteiger partial charge on any atom is -0.363 e. The molecule has 10 heteroatoms. The Kier molecular flexibility index (Phi) is 5.14. The Balaban J connectivity index is 1.97. The molecule has 3 aliphatic rings. The molecule has 10 nitrogen and oxygen atoms in total. The quantitative estimate of drug-likeness (QED) is 0.328. The van der Waals surface area contributed by atoms with Crippen LogP contribution in [0.2, 0.25) is 0 Å². The van der Waals surface area contributed by atoms with E-state index in [0.717, 1.165) is 6.42 Å². The summed E-state index contributed by atoms with van der Waals surface area (Å²) in [6.07, 6.45) is 2.01. The third-order valence-corrected chi connectivity index (χ3v) is 7.97. The summed E-state index contributed by atoms with van der Waals surface area (Å²) < 4.78 is 79.0. The summed E-state index contributed by atoms with van der Waals surface area (Å²) in [5.41, 5.74) is 0.431. The van der Waals surface area contributed by atoms with Gasteiger partial charge in [0.15, 0.2) is 0 Å². The topological polar surface area (TPSA) is 151 Å². The number of rotatable bonds is 9. The van der Waals surface area contributed by atoms with Crippen LogP contribution in [0.25, 0.3) is 0 Å². The first-order valence-corrected chi connectivity index (χ1v) is 13.0. The van der Waals surface area contributed by atoms with Crippen molar-refractivity contribution in [1.82, 2.24) is 20.9 Å². The number of primary amides is 1. The van der Waals surface area contributed by atoms with E-state index in [2.05, 4.69) is 10.6 Å². The van der Waals surface area contributed by atoms with Gasteiger partial charge in [0.2, 0.25) is 17.6 Å². The molecule has 3 rings (SSSR count). The van der Waals surface area contributed by atoms with Crippen LogP contribution >= 0.6 is 0 Å². The van der Waals surface area contributed by atoms with Gasteiger partial charge in [0, 0.05) is 24.4 Å². The lowest BCUT2D eigenvalue weighted by Gasteiger charge is -2.36. The molecule has 0 bridgehead atoms. The fourth-order valence-corrected chi connectivity index (χ4v) is 5.75. The number of likely N-dealkylation sites (tertiary alicyclic amines) is 1. The first-order valence-electron chi connectivity index (χ1n) is 18.0. The van der Waals surface area contributed by atoms with Gasteiger partial charge in [0.1, 0.15) is 12.1 Å². The number of ketones is 1. The number of hydrogen-bond donors (Lipinski definition) is 4. The van der Waals surface area contributed by atoms with Crippen molar-refractivity contribution in [2.24, 2.45) is 34.3 Å². The third kappa shape index (κ3) is 6.86. The van der Waals surface area contributed by atoms with Gasteiger partial charge in [-0.2, -0.15) is 0 Å². The molecule has 0 aromatic heterocycles. The van der Waals surface area contributed by atoms with Crippen LogP contribution < -0.4 is 21.7 Å². The molecule has 5 N–H and O–H groups in total. The lowest BCUT2D eigenvalue weighted by molar-refractivity contribution is -0.144. The molecule has 2 saturated carbocycles. The maximum atomic E-state index is 14.2. The highest BCUT2D eigenvalue weighted by Crippen LogP contribution is 2.65. The van der Waals surface area contributed by atoms with Gasteiger partial charge in [-0.3, -0.25) is 19.2 Å². The second kappa shape index (κ2) is 10.5. The highest BCUT2D eigenvalue weighted by molar-refractivity contribution is 6.37. The second-order valence-electron chi connectivity index (χ2n) is 12.7. The summed E-state index contributed by atoms with van der Waals surface area (Å²) in [4.78, 5) is 67.4. The van der Waals surface area contributed by atoms with E-state index in [1.165, 1.54) is 4.90 Å². The molecular weight excluding hydrogens is 486 g/mol. The van der Waals surface area contributed by atoms with Gasteiger partial charge in [0.25, 0.3) is 5.91 Å². The normalized spacial score (nSPS) is 31.6. The SMILES string of the molecule is [2H]C(CC1CCC1)(NC(=O)[C@@H]1[C@@H]2[C@H](CN1C(=O)[C@H](CC(C)(C)C)NC(=O)NC(C([2H])([2H])[2H])(C([2H])([2H])[2H])C([2H])([2H])[2H])C2(C)C)C(=O)C(N)=O. The molecule has 5 amide bonds. The minimum absolute atomic E-state index is 0.0413. The Morgan fingerprint density at radius 1 is 1.11 bits per heavy atom. The number of hydrogen-bond acceptors (Lipinski definition) is 5. The average Bonchev–Trinajstić information content (AvgIpc) is 3.17. The molecule has 0 aromatic rings. The standard InChI is InChI=1S/C28H47N5O5/c1-26(2,3)13-18(31-25(38)32-27(4,5)6)24(37)33-14-16-19(28(16,7)8)20(33)23(36)30-17(21(34)22(29)35)12-15-10-9-11-15/h15-20H,9-14H2,1-8H3,(H2,29,35)(H,30,36)(H2,31,32,38)/t16-,17?,18-,19-,20-/m0/s1/i4D3,5D3,6D3,17D. The Morgan fingerprint density at radius 3 is 2.24 bits per heavy atom. The van der Waals surface area contributed by atoms with Gasteiger partial charge in [-0.1, -0.05) is 53.9 Å². The summed E-state index contributed by atoms with van der Waals surface area (Å²) in [6.45, 7) is -2.22. The van der Waals surface area contributed by atoms with Crippen molar-refractivity contribution in [3.05, 3.63) is 0 Å². The van der Waals surface area contributed by atoms with Crippen molar-refractivity contribution in [1.29, 1.82) is 0 Å². The molecule has 38 heavy (non-hydrogen) atoms.